The smallest absolute Gasteiger partial charge is 0.338 e. The number of fused-ring (bicyclic) bond motifs is 5. The minimum atomic E-state index is -2.30. The molecule has 1 aliphatic heterocycles. The van der Waals surface area contributed by atoms with Crippen molar-refractivity contribution in [2.24, 2.45) is 16.7 Å². The molecule has 2 radical (unpaired) electrons. The van der Waals surface area contributed by atoms with Gasteiger partial charge in [0.15, 0.2) is 11.9 Å². The Hall–Kier alpha value is -1.88. The molecule has 2 bridgehead atoms. The summed E-state index contributed by atoms with van der Waals surface area (Å²) in [7, 11) is 0. The number of rotatable bonds is 8. The van der Waals surface area contributed by atoms with E-state index in [0.29, 0.717) is 5.56 Å². The molecule has 0 spiro atoms. The van der Waals surface area contributed by atoms with Gasteiger partial charge in [0, 0.05) is 118 Å². The van der Waals surface area contributed by atoms with Crippen LogP contribution in [0.15, 0.2) is 102 Å². The zero-order valence-corrected chi connectivity index (χ0v) is 42.1. The second kappa shape index (κ2) is 17.8. The van der Waals surface area contributed by atoms with Crippen molar-refractivity contribution >= 4 is 23.6 Å². The number of hydrogen-bond donors (Lipinski definition) is 6. The molecule has 4 aliphatic rings. The third-order valence-corrected chi connectivity index (χ3v) is 12.9. The molecule has 302 valence electrons. The number of aliphatic hydroxyl groups is 5. The van der Waals surface area contributed by atoms with Gasteiger partial charge in [-0.05, 0) is 54.8 Å². The van der Waals surface area contributed by atoms with Crippen LogP contribution in [-0.4, -0.2) is 104 Å². The summed E-state index contributed by atoms with van der Waals surface area (Å²) in [5, 5.41) is 63.6. The molecule has 15 heteroatoms. The van der Waals surface area contributed by atoms with Crippen molar-refractivity contribution in [2.45, 2.75) is 94.4 Å². The topological polar surface area (TPSA) is 209 Å². The number of Topliss-reactive ketones (excluding diaryl/α,β-unsaturated/α-hetero) is 1. The molecule has 58 heavy (non-hydrogen) atoms. The van der Waals surface area contributed by atoms with Crippen molar-refractivity contribution < 1.29 is 147 Å². The van der Waals surface area contributed by atoms with Gasteiger partial charge in [-0.3, -0.25) is 9.59 Å². The average molecular weight is 1220 g/mol. The van der Waals surface area contributed by atoms with Crippen molar-refractivity contribution in [3.63, 3.8) is 0 Å². The van der Waals surface area contributed by atoms with E-state index < -0.39 is 101 Å². The van der Waals surface area contributed by atoms with Crippen LogP contribution in [0.3, 0.4) is 0 Å². The number of carbonyl (C=O) groups excluding carboxylic acids is 4. The number of ether oxygens (including phenoxy) is 3. The van der Waals surface area contributed by atoms with Crippen molar-refractivity contribution in [1.29, 1.82) is 0 Å². The SMILES string of the molecule is CC1=C2[C@@H](O)C(=O)[C@@]3(C)C([C@H](OC(=O)c4ccccc4)[C@](O)(C[C@@H]1OC(=O)[C@H](O)[C@@H](NC(=O)c1ccccc1)c1ccccc1)C2(C)C)[C@]1(O)CO[C@@H]1C[C@@H]3O.[Ac].[Ac]. The predicted octanol–water partition coefficient (Wildman–Crippen LogP) is 2.59. The van der Waals surface area contributed by atoms with Crippen molar-refractivity contribution in [3.05, 3.63) is 119 Å². The van der Waals surface area contributed by atoms with E-state index in [-0.39, 0.29) is 123 Å². The Morgan fingerprint density at radius 3 is 1.95 bits per heavy atom. The fourth-order valence-electron chi connectivity index (χ4n) is 9.54. The van der Waals surface area contributed by atoms with Crippen LogP contribution in [0.25, 0.3) is 0 Å². The number of benzene rings is 3. The van der Waals surface area contributed by atoms with Crippen molar-refractivity contribution in [1.82, 2.24) is 5.32 Å². The summed E-state index contributed by atoms with van der Waals surface area (Å²) in [5.74, 6) is -5.07. The van der Waals surface area contributed by atoms with Crippen LogP contribution >= 0.6 is 0 Å². The average Bonchev–Trinajstić information content (AvgIpc) is 3.19. The van der Waals surface area contributed by atoms with E-state index >= 15 is 0 Å². The Labute approximate surface area is 408 Å². The van der Waals surface area contributed by atoms with E-state index in [1.807, 2.05) is 0 Å². The monoisotopic (exact) mass is 1220 g/mol. The Balaban J connectivity index is 0.00000320. The largest absolute Gasteiger partial charge is 0.456 e. The summed E-state index contributed by atoms with van der Waals surface area (Å²) in [6, 6.07) is 23.2. The van der Waals surface area contributed by atoms with Crippen LogP contribution in [0.1, 0.15) is 72.9 Å². The van der Waals surface area contributed by atoms with Crippen LogP contribution in [0.5, 0.6) is 0 Å². The van der Waals surface area contributed by atoms with Crippen LogP contribution < -0.4 is 5.32 Å². The summed E-state index contributed by atoms with van der Waals surface area (Å²) in [5.41, 5.74) is -6.83. The molecule has 3 aromatic rings. The van der Waals surface area contributed by atoms with Crippen LogP contribution in [0, 0.1) is 105 Å². The summed E-state index contributed by atoms with van der Waals surface area (Å²) in [4.78, 5) is 56.0. The molecule has 3 aliphatic carbocycles. The van der Waals surface area contributed by atoms with Gasteiger partial charge in [0.05, 0.1) is 35.8 Å². The van der Waals surface area contributed by atoms with Crippen molar-refractivity contribution in [2.75, 3.05) is 6.61 Å². The van der Waals surface area contributed by atoms with E-state index in [0.717, 1.165) is 0 Å². The molecule has 1 heterocycles. The first-order chi connectivity index (χ1) is 26.5. The molecular formula is C43H47Ac2NO12. The summed E-state index contributed by atoms with van der Waals surface area (Å²) >= 11 is 0. The van der Waals surface area contributed by atoms with Crippen LogP contribution in [0.2, 0.25) is 0 Å². The Bertz CT molecular complexity index is 2050. The molecule has 1 unspecified atom stereocenters. The fraction of sp³-hybridized carbons (Fsp3) is 0.442. The molecule has 11 atom stereocenters. The number of aliphatic hydroxyl groups excluding tert-OH is 3. The van der Waals surface area contributed by atoms with Gasteiger partial charge in [0.1, 0.15) is 29.5 Å². The quantitative estimate of drug-likeness (QED) is 0.142. The van der Waals surface area contributed by atoms with Gasteiger partial charge in [-0.2, -0.15) is 0 Å². The maximum absolute atomic E-state index is 14.7. The third-order valence-electron chi connectivity index (χ3n) is 12.9. The van der Waals surface area contributed by atoms with Gasteiger partial charge in [0.2, 0.25) is 0 Å². The van der Waals surface area contributed by atoms with E-state index in [1.165, 1.54) is 26.0 Å². The normalized spacial score (nSPS) is 33.1. The maximum atomic E-state index is 14.7. The zero-order chi connectivity index (χ0) is 40.4. The van der Waals surface area contributed by atoms with Gasteiger partial charge in [-0.15, -0.1) is 0 Å². The summed E-state index contributed by atoms with van der Waals surface area (Å²) < 4.78 is 17.9. The van der Waals surface area contributed by atoms with Crippen LogP contribution in [0.4, 0.5) is 0 Å². The summed E-state index contributed by atoms with van der Waals surface area (Å²) in [6.07, 6.45) is -10.3. The number of amides is 1. The first-order valence-corrected chi connectivity index (χ1v) is 18.7. The molecule has 3 aromatic carbocycles. The molecule has 6 N–H and O–H groups in total. The van der Waals surface area contributed by atoms with Crippen molar-refractivity contribution in [3.8, 4) is 0 Å². The number of nitrogens with one attached hydrogen (secondary N) is 1. The fourth-order valence-corrected chi connectivity index (χ4v) is 9.54. The molecular weight excluding hydrogens is 1180 g/mol. The zero-order valence-electron chi connectivity index (χ0n) is 32.6. The molecule has 7 rings (SSSR count). The van der Waals surface area contributed by atoms with Gasteiger partial charge < -0.3 is 45.1 Å². The van der Waals surface area contributed by atoms with E-state index in [4.69, 9.17) is 14.2 Å². The number of carbonyl (C=O) groups is 4. The van der Waals surface area contributed by atoms with E-state index in [2.05, 4.69) is 5.32 Å². The van der Waals surface area contributed by atoms with Gasteiger partial charge in [-0.1, -0.05) is 80.6 Å². The number of hydrogen-bond acceptors (Lipinski definition) is 12. The Kier molecular flexibility index (Phi) is 14.5. The maximum Gasteiger partial charge on any atom is 0.338 e. The first-order valence-electron chi connectivity index (χ1n) is 18.7. The van der Waals surface area contributed by atoms with Gasteiger partial charge in [-0.25, -0.2) is 9.59 Å². The molecule has 2 saturated carbocycles. The molecule has 13 nitrogen and oxygen atoms in total. The minimum absolute atomic E-state index is 0. The Morgan fingerprint density at radius 2 is 1.40 bits per heavy atom. The third kappa shape index (κ3) is 7.78. The van der Waals surface area contributed by atoms with Gasteiger partial charge >= 0.3 is 11.9 Å². The predicted molar refractivity (Wildman–Crippen MR) is 199 cm³/mol. The molecule has 1 amide bonds. The first kappa shape index (κ1) is 47.2. The van der Waals surface area contributed by atoms with E-state index in [1.54, 1.807) is 92.7 Å². The second-order valence-corrected chi connectivity index (χ2v) is 16.2. The molecule has 3 fully saturated rings. The van der Waals surface area contributed by atoms with Crippen LogP contribution in [-0.2, 0) is 23.8 Å². The standard InChI is InChI=1S/C43H47NO12.2Ac/c1-23-27(55-39(51)33(47)31(24-14-8-5-9-15-24)44-37(49)25-16-10-6-11-17-25)21-43(53)36(56-38(50)26-18-12-7-13-19-26)34-41(4,28(45)20-29-42(34,52)22-54-29)35(48)32(46)30(23)40(43,2)3;;/h5-19,27-29,31-34,36,45-47,52-53H,20-22H2,1-4H3,(H,44,49);;/t27-,28-,29+,31-,32+,33+,34?,36-,41+,42-,43+;;/m0../s1. The molecule has 0 aromatic heterocycles. The second-order valence-electron chi connectivity index (χ2n) is 16.2. The Morgan fingerprint density at radius 1 is 0.845 bits per heavy atom. The van der Waals surface area contributed by atoms with Gasteiger partial charge in [0.25, 0.3) is 5.91 Å². The van der Waals surface area contributed by atoms with E-state index in [9.17, 15) is 44.7 Å². The minimum Gasteiger partial charge on any atom is -0.456 e. The molecule has 1 saturated heterocycles. The number of ketones is 1. The summed E-state index contributed by atoms with van der Waals surface area (Å²) in [6.45, 7) is 5.72. The number of esters is 2.